The molecule has 4 atom stereocenters. The van der Waals surface area contributed by atoms with Crippen LogP contribution in [-0.4, -0.2) is 41.8 Å². The standard InChI is InChI=1S/C18H23F4NO4/c1-10-13(14(24)18(20,21)22)17(9-26-10,11-7-5-6-8-12(11)19)23-15(25)27-16(2,3)4/h5-8,10,13-14,24H,9H2,1-4H3,(H,23,25)/t10-,13+,14?,17?/m1/s1. The molecule has 9 heteroatoms. The van der Waals surface area contributed by atoms with Crippen molar-refractivity contribution in [2.24, 2.45) is 5.92 Å². The molecule has 0 radical (unpaired) electrons. The van der Waals surface area contributed by atoms with E-state index in [-0.39, 0.29) is 5.56 Å². The van der Waals surface area contributed by atoms with Crippen molar-refractivity contribution in [3.63, 3.8) is 0 Å². The highest BCUT2D eigenvalue weighted by Gasteiger charge is 2.60. The van der Waals surface area contributed by atoms with Gasteiger partial charge in [-0.3, -0.25) is 0 Å². The van der Waals surface area contributed by atoms with Gasteiger partial charge in [0.25, 0.3) is 0 Å². The van der Waals surface area contributed by atoms with Crippen LogP contribution in [0.3, 0.4) is 0 Å². The zero-order chi connectivity index (χ0) is 20.6. The smallest absolute Gasteiger partial charge is 0.414 e. The summed E-state index contributed by atoms with van der Waals surface area (Å²) in [6.07, 6.45) is -9.97. The third-order valence-corrected chi connectivity index (χ3v) is 4.40. The Labute approximate surface area is 154 Å². The third kappa shape index (κ3) is 4.52. The van der Waals surface area contributed by atoms with Crippen molar-refractivity contribution in [1.82, 2.24) is 5.32 Å². The molecule has 1 amide bonds. The van der Waals surface area contributed by atoms with E-state index in [1.54, 1.807) is 20.8 Å². The molecule has 1 aliphatic heterocycles. The summed E-state index contributed by atoms with van der Waals surface area (Å²) in [7, 11) is 0. The predicted molar refractivity (Wildman–Crippen MR) is 88.4 cm³/mol. The second kappa shape index (κ2) is 7.27. The molecule has 1 fully saturated rings. The maximum absolute atomic E-state index is 14.5. The maximum atomic E-state index is 14.5. The summed E-state index contributed by atoms with van der Waals surface area (Å²) in [5, 5.41) is 12.3. The molecule has 0 saturated carbocycles. The van der Waals surface area contributed by atoms with Gasteiger partial charge in [0, 0.05) is 11.5 Å². The zero-order valence-corrected chi connectivity index (χ0v) is 15.4. The average molecular weight is 393 g/mol. The van der Waals surface area contributed by atoms with Crippen LogP contribution < -0.4 is 5.32 Å². The van der Waals surface area contributed by atoms with Gasteiger partial charge in [-0.15, -0.1) is 0 Å². The Morgan fingerprint density at radius 2 is 1.93 bits per heavy atom. The van der Waals surface area contributed by atoms with E-state index in [1.807, 2.05) is 0 Å². The Morgan fingerprint density at radius 1 is 1.33 bits per heavy atom. The van der Waals surface area contributed by atoms with Gasteiger partial charge in [-0.2, -0.15) is 13.2 Å². The number of benzene rings is 1. The SMILES string of the molecule is C[C@H]1OCC(NC(=O)OC(C)(C)C)(c2ccccc2F)[C@@H]1C(O)C(F)(F)F. The van der Waals surface area contributed by atoms with Crippen molar-refractivity contribution >= 4 is 6.09 Å². The Kier molecular flexibility index (Phi) is 5.77. The molecular weight excluding hydrogens is 370 g/mol. The molecule has 0 aromatic heterocycles. The summed E-state index contributed by atoms with van der Waals surface area (Å²) in [6, 6.07) is 5.11. The number of halogens is 4. The van der Waals surface area contributed by atoms with Crippen molar-refractivity contribution in [2.75, 3.05) is 6.61 Å². The number of hydrogen-bond acceptors (Lipinski definition) is 4. The van der Waals surface area contributed by atoms with Gasteiger partial charge in [0.05, 0.1) is 12.7 Å². The highest BCUT2D eigenvalue weighted by molar-refractivity contribution is 5.69. The van der Waals surface area contributed by atoms with Gasteiger partial charge in [-0.05, 0) is 33.8 Å². The fourth-order valence-electron chi connectivity index (χ4n) is 3.35. The van der Waals surface area contributed by atoms with Crippen molar-refractivity contribution < 1.29 is 36.9 Å². The molecular formula is C18H23F4NO4. The number of hydrogen-bond donors (Lipinski definition) is 2. The van der Waals surface area contributed by atoms with E-state index in [0.717, 1.165) is 6.07 Å². The number of aliphatic hydroxyl groups excluding tert-OH is 1. The van der Waals surface area contributed by atoms with Gasteiger partial charge < -0.3 is 19.9 Å². The molecule has 1 aliphatic rings. The van der Waals surface area contributed by atoms with E-state index in [1.165, 1.54) is 25.1 Å². The minimum Gasteiger partial charge on any atom is -0.444 e. The number of aliphatic hydroxyl groups is 1. The van der Waals surface area contributed by atoms with E-state index < -0.39 is 54.0 Å². The summed E-state index contributed by atoms with van der Waals surface area (Å²) in [4.78, 5) is 12.4. The van der Waals surface area contributed by atoms with Gasteiger partial charge >= 0.3 is 12.3 Å². The molecule has 2 unspecified atom stereocenters. The second-order valence-corrected chi connectivity index (χ2v) is 7.61. The summed E-state index contributed by atoms with van der Waals surface area (Å²) in [5.74, 6) is -2.51. The van der Waals surface area contributed by atoms with Crippen LogP contribution in [0.2, 0.25) is 0 Å². The monoisotopic (exact) mass is 393 g/mol. The van der Waals surface area contributed by atoms with Gasteiger partial charge in [0.1, 0.15) is 17.0 Å². The molecule has 1 aromatic rings. The van der Waals surface area contributed by atoms with Crippen LogP contribution in [-0.2, 0) is 15.0 Å². The molecule has 0 bridgehead atoms. The zero-order valence-electron chi connectivity index (χ0n) is 15.4. The third-order valence-electron chi connectivity index (χ3n) is 4.40. The maximum Gasteiger partial charge on any atom is 0.414 e. The predicted octanol–water partition coefficient (Wildman–Crippen LogP) is 3.50. The molecule has 27 heavy (non-hydrogen) atoms. The molecule has 0 spiro atoms. The summed E-state index contributed by atoms with van der Waals surface area (Å²) in [6.45, 7) is 5.62. The van der Waals surface area contributed by atoms with E-state index in [2.05, 4.69) is 5.32 Å². The normalized spacial score (nSPS) is 27.3. The molecule has 1 aromatic carbocycles. The number of nitrogens with one attached hydrogen (secondary N) is 1. The number of alkyl carbamates (subject to hydrolysis) is 1. The van der Waals surface area contributed by atoms with Crippen LogP contribution in [0.1, 0.15) is 33.3 Å². The molecule has 2 rings (SSSR count). The number of ether oxygens (including phenoxy) is 2. The quantitative estimate of drug-likeness (QED) is 0.772. The fourth-order valence-corrected chi connectivity index (χ4v) is 3.35. The fraction of sp³-hybridized carbons (Fsp3) is 0.611. The first-order chi connectivity index (χ1) is 12.3. The molecule has 152 valence electrons. The largest absolute Gasteiger partial charge is 0.444 e. The number of carbonyl (C=O) groups excluding carboxylic acids is 1. The first kappa shape index (κ1) is 21.4. The lowest BCUT2D eigenvalue weighted by atomic mass is 9.74. The molecule has 0 aliphatic carbocycles. The van der Waals surface area contributed by atoms with E-state index in [0.29, 0.717) is 0 Å². The highest BCUT2D eigenvalue weighted by atomic mass is 19.4. The summed E-state index contributed by atoms with van der Waals surface area (Å²) in [5.41, 5.74) is -3.10. The van der Waals surface area contributed by atoms with E-state index >= 15 is 0 Å². The number of rotatable bonds is 3. The van der Waals surface area contributed by atoms with Crippen LogP contribution >= 0.6 is 0 Å². The van der Waals surface area contributed by atoms with Crippen molar-refractivity contribution in [1.29, 1.82) is 0 Å². The van der Waals surface area contributed by atoms with Crippen molar-refractivity contribution in [3.05, 3.63) is 35.6 Å². The minimum atomic E-state index is -4.99. The first-order valence-electron chi connectivity index (χ1n) is 8.40. The van der Waals surface area contributed by atoms with Crippen LogP contribution in [0, 0.1) is 11.7 Å². The van der Waals surface area contributed by atoms with Crippen LogP contribution in [0.25, 0.3) is 0 Å². The van der Waals surface area contributed by atoms with Crippen LogP contribution in [0.4, 0.5) is 22.4 Å². The summed E-state index contributed by atoms with van der Waals surface area (Å²) < 4.78 is 64.9. The molecule has 2 N–H and O–H groups in total. The Morgan fingerprint density at radius 3 is 2.44 bits per heavy atom. The topological polar surface area (TPSA) is 67.8 Å². The van der Waals surface area contributed by atoms with E-state index in [9.17, 15) is 27.5 Å². The second-order valence-electron chi connectivity index (χ2n) is 7.61. The Balaban J connectivity index is 2.56. The lowest BCUT2D eigenvalue weighted by Gasteiger charge is -2.39. The number of carbonyl (C=O) groups is 1. The first-order valence-corrected chi connectivity index (χ1v) is 8.40. The van der Waals surface area contributed by atoms with Crippen LogP contribution in [0.15, 0.2) is 24.3 Å². The van der Waals surface area contributed by atoms with Gasteiger partial charge in [0.15, 0.2) is 6.10 Å². The van der Waals surface area contributed by atoms with Crippen molar-refractivity contribution in [3.8, 4) is 0 Å². The highest BCUT2D eigenvalue weighted by Crippen LogP contribution is 2.46. The summed E-state index contributed by atoms with van der Waals surface area (Å²) >= 11 is 0. The van der Waals surface area contributed by atoms with Crippen molar-refractivity contribution in [2.45, 2.75) is 57.2 Å². The van der Waals surface area contributed by atoms with E-state index in [4.69, 9.17) is 9.47 Å². The average Bonchev–Trinajstić information content (AvgIpc) is 2.81. The molecule has 1 saturated heterocycles. The minimum absolute atomic E-state index is 0.214. The molecule has 1 heterocycles. The van der Waals surface area contributed by atoms with Gasteiger partial charge in [-0.1, -0.05) is 18.2 Å². The van der Waals surface area contributed by atoms with Crippen LogP contribution in [0.5, 0.6) is 0 Å². The number of amides is 1. The Bertz CT molecular complexity index is 689. The lowest BCUT2D eigenvalue weighted by Crippen LogP contribution is -2.58. The van der Waals surface area contributed by atoms with Gasteiger partial charge in [-0.25, -0.2) is 9.18 Å². The Hall–Kier alpha value is -1.87. The van der Waals surface area contributed by atoms with Gasteiger partial charge in [0.2, 0.25) is 0 Å². The number of alkyl halides is 3. The molecule has 5 nitrogen and oxygen atoms in total. The lowest BCUT2D eigenvalue weighted by molar-refractivity contribution is -0.228.